The molecule has 8 heteroatoms. The van der Waals surface area contributed by atoms with E-state index in [1.165, 1.54) is 0 Å². The number of ether oxygens (including phenoxy) is 2. The molecule has 144 valence electrons. The zero-order valence-corrected chi connectivity index (χ0v) is 16.5. The van der Waals surface area contributed by atoms with Crippen LogP contribution in [-0.2, 0) is 14.3 Å². The van der Waals surface area contributed by atoms with Crippen molar-refractivity contribution >= 4 is 35.3 Å². The molecule has 1 aromatic heterocycles. The van der Waals surface area contributed by atoms with Crippen LogP contribution >= 0.6 is 11.8 Å². The van der Waals surface area contributed by atoms with Gasteiger partial charge < -0.3 is 19.8 Å². The summed E-state index contributed by atoms with van der Waals surface area (Å²) in [5.74, 6) is -1.66. The Balaban J connectivity index is 2.01. The lowest BCUT2D eigenvalue weighted by molar-refractivity contribution is -0.119. The van der Waals surface area contributed by atoms with Crippen molar-refractivity contribution in [1.82, 2.24) is 4.98 Å². The van der Waals surface area contributed by atoms with Crippen LogP contribution in [-0.4, -0.2) is 42.3 Å². The summed E-state index contributed by atoms with van der Waals surface area (Å²) in [5.41, 5.74) is 1.98. The van der Waals surface area contributed by atoms with Gasteiger partial charge >= 0.3 is 11.9 Å². The van der Waals surface area contributed by atoms with Gasteiger partial charge in [0.2, 0.25) is 0 Å². The molecule has 27 heavy (non-hydrogen) atoms. The van der Waals surface area contributed by atoms with Crippen molar-refractivity contribution in [3.05, 3.63) is 46.8 Å². The fourth-order valence-corrected chi connectivity index (χ4v) is 3.02. The van der Waals surface area contributed by atoms with Gasteiger partial charge in [0.25, 0.3) is 5.91 Å². The van der Waals surface area contributed by atoms with Gasteiger partial charge in [0, 0.05) is 16.3 Å². The quantitative estimate of drug-likeness (QED) is 0.556. The second-order valence-corrected chi connectivity index (χ2v) is 6.58. The van der Waals surface area contributed by atoms with Crippen LogP contribution in [0, 0.1) is 13.8 Å². The maximum Gasteiger partial charge on any atom is 0.355 e. The second kappa shape index (κ2) is 9.27. The molecule has 2 aromatic rings. The highest BCUT2D eigenvalue weighted by atomic mass is 32.2. The van der Waals surface area contributed by atoms with Gasteiger partial charge in [0.05, 0.1) is 12.2 Å². The third kappa shape index (κ3) is 5.13. The molecule has 1 amide bonds. The summed E-state index contributed by atoms with van der Waals surface area (Å²) in [4.78, 5) is 40.2. The van der Waals surface area contributed by atoms with E-state index < -0.39 is 24.5 Å². The van der Waals surface area contributed by atoms with Gasteiger partial charge in [-0.2, -0.15) is 0 Å². The first-order valence-corrected chi connectivity index (χ1v) is 9.57. The summed E-state index contributed by atoms with van der Waals surface area (Å²) in [6.07, 6.45) is 1.94. The summed E-state index contributed by atoms with van der Waals surface area (Å²) >= 11 is 1.56. The highest BCUT2D eigenvalue weighted by molar-refractivity contribution is 7.98. The highest BCUT2D eigenvalue weighted by Gasteiger charge is 2.24. The zero-order valence-electron chi connectivity index (χ0n) is 15.7. The Bertz CT molecular complexity index is 860. The van der Waals surface area contributed by atoms with Crippen molar-refractivity contribution in [2.24, 2.45) is 0 Å². The van der Waals surface area contributed by atoms with Crippen LogP contribution in [0.4, 0.5) is 5.69 Å². The first kappa shape index (κ1) is 20.6. The van der Waals surface area contributed by atoms with Crippen molar-refractivity contribution in [3.63, 3.8) is 0 Å². The molecule has 0 aliphatic carbocycles. The number of thioether (sulfide) groups is 1. The van der Waals surface area contributed by atoms with E-state index in [2.05, 4.69) is 10.3 Å². The van der Waals surface area contributed by atoms with Crippen LogP contribution in [0.1, 0.15) is 39.0 Å². The molecule has 0 unspecified atom stereocenters. The van der Waals surface area contributed by atoms with E-state index in [1.54, 1.807) is 38.6 Å². The fraction of sp³-hybridized carbons (Fsp3) is 0.316. The molecule has 0 atom stereocenters. The fourth-order valence-electron chi connectivity index (χ4n) is 2.56. The number of aromatic amines is 1. The normalized spacial score (nSPS) is 10.4. The average molecular weight is 390 g/mol. The van der Waals surface area contributed by atoms with Crippen LogP contribution in [0.3, 0.4) is 0 Å². The minimum atomic E-state index is -0.676. The van der Waals surface area contributed by atoms with Crippen LogP contribution in [0.15, 0.2) is 29.2 Å². The van der Waals surface area contributed by atoms with E-state index >= 15 is 0 Å². The van der Waals surface area contributed by atoms with Crippen LogP contribution < -0.4 is 5.32 Å². The van der Waals surface area contributed by atoms with E-state index in [4.69, 9.17) is 9.47 Å². The highest BCUT2D eigenvalue weighted by Crippen LogP contribution is 2.21. The van der Waals surface area contributed by atoms with E-state index in [0.717, 1.165) is 4.90 Å². The summed E-state index contributed by atoms with van der Waals surface area (Å²) in [6, 6.07) is 7.35. The van der Waals surface area contributed by atoms with Crippen LogP contribution in [0.25, 0.3) is 0 Å². The van der Waals surface area contributed by atoms with Crippen molar-refractivity contribution in [2.75, 3.05) is 24.8 Å². The van der Waals surface area contributed by atoms with Gasteiger partial charge in [0.15, 0.2) is 6.61 Å². The van der Waals surface area contributed by atoms with Gasteiger partial charge in [-0.3, -0.25) is 4.79 Å². The predicted molar refractivity (Wildman–Crippen MR) is 103 cm³/mol. The summed E-state index contributed by atoms with van der Waals surface area (Å²) in [7, 11) is 0. The second-order valence-electron chi connectivity index (χ2n) is 5.70. The predicted octanol–water partition coefficient (Wildman–Crippen LogP) is 3.33. The molecule has 1 aromatic carbocycles. The van der Waals surface area contributed by atoms with Gasteiger partial charge in [-0.25, -0.2) is 9.59 Å². The number of benzene rings is 1. The number of hydrogen-bond donors (Lipinski definition) is 2. The van der Waals surface area contributed by atoms with Gasteiger partial charge in [-0.1, -0.05) is 6.07 Å². The van der Waals surface area contributed by atoms with Crippen molar-refractivity contribution < 1.29 is 23.9 Å². The smallest absolute Gasteiger partial charge is 0.355 e. The Labute approximate surface area is 161 Å². The first-order chi connectivity index (χ1) is 12.9. The molecule has 7 nitrogen and oxygen atoms in total. The van der Waals surface area contributed by atoms with E-state index in [9.17, 15) is 14.4 Å². The number of hydrogen-bond acceptors (Lipinski definition) is 6. The molecule has 0 saturated heterocycles. The lowest BCUT2D eigenvalue weighted by atomic mass is 10.1. The lowest BCUT2D eigenvalue weighted by Gasteiger charge is -2.08. The molecule has 1 heterocycles. The van der Waals surface area contributed by atoms with E-state index in [0.29, 0.717) is 16.9 Å². The molecule has 0 bridgehead atoms. The van der Waals surface area contributed by atoms with Crippen LogP contribution in [0.5, 0.6) is 0 Å². The lowest BCUT2D eigenvalue weighted by Crippen LogP contribution is -2.21. The van der Waals surface area contributed by atoms with Gasteiger partial charge in [0.1, 0.15) is 5.69 Å². The maximum absolute atomic E-state index is 12.4. The molecule has 0 spiro atoms. The van der Waals surface area contributed by atoms with Gasteiger partial charge in [-0.05, 0) is 50.8 Å². The molecule has 0 radical (unpaired) electrons. The topological polar surface area (TPSA) is 97.5 Å². The Kier molecular flexibility index (Phi) is 7.06. The molecule has 0 saturated carbocycles. The van der Waals surface area contributed by atoms with Crippen molar-refractivity contribution in [2.45, 2.75) is 25.7 Å². The summed E-state index contributed by atoms with van der Waals surface area (Å²) in [6.45, 7) is 4.78. The number of amides is 1. The Morgan fingerprint density at radius 2 is 1.89 bits per heavy atom. The number of esters is 2. The first-order valence-electron chi connectivity index (χ1n) is 8.34. The third-order valence-corrected chi connectivity index (χ3v) is 4.53. The summed E-state index contributed by atoms with van der Waals surface area (Å²) in [5, 5.41) is 2.68. The number of carbonyl (C=O) groups excluding carboxylic acids is 3. The molecule has 0 aliphatic rings. The number of rotatable bonds is 7. The number of anilines is 1. The zero-order chi connectivity index (χ0) is 20.0. The number of aryl methyl sites for hydroxylation is 1. The number of nitrogens with one attached hydrogen (secondary N) is 2. The summed E-state index contributed by atoms with van der Waals surface area (Å²) < 4.78 is 10.1. The van der Waals surface area contributed by atoms with Gasteiger partial charge in [-0.15, -0.1) is 11.8 Å². The Morgan fingerprint density at radius 1 is 1.15 bits per heavy atom. The molecular weight excluding hydrogens is 368 g/mol. The average Bonchev–Trinajstić information content (AvgIpc) is 2.94. The maximum atomic E-state index is 12.4. The number of carbonyl (C=O) groups is 3. The molecule has 2 rings (SSSR count). The van der Waals surface area contributed by atoms with Crippen LogP contribution in [0.2, 0.25) is 0 Å². The Hall–Kier alpha value is -2.74. The van der Waals surface area contributed by atoms with Crippen molar-refractivity contribution in [3.8, 4) is 0 Å². The minimum absolute atomic E-state index is 0.208. The largest absolute Gasteiger partial charge is 0.461 e. The molecule has 0 fully saturated rings. The number of aromatic nitrogens is 1. The third-order valence-electron chi connectivity index (χ3n) is 3.81. The molecular formula is C19H22N2O5S. The molecule has 2 N–H and O–H groups in total. The minimum Gasteiger partial charge on any atom is -0.461 e. The SMILES string of the molecule is CCOC(=O)c1[nH]c(C)c(C(=O)OCC(=O)Nc2cccc(SC)c2)c1C. The standard InChI is InChI=1S/C19H22N2O5S/c1-5-25-19(24)17-11(2)16(12(3)20-17)18(23)26-10-15(22)21-13-7-6-8-14(9-13)27-4/h6-9,20H,5,10H2,1-4H3,(H,21,22). The van der Waals surface area contributed by atoms with E-state index in [1.807, 2.05) is 24.5 Å². The number of H-pyrrole nitrogens is 1. The van der Waals surface area contributed by atoms with E-state index in [-0.39, 0.29) is 17.9 Å². The Morgan fingerprint density at radius 3 is 2.56 bits per heavy atom. The molecule has 0 aliphatic heterocycles. The monoisotopic (exact) mass is 390 g/mol. The van der Waals surface area contributed by atoms with Crippen molar-refractivity contribution in [1.29, 1.82) is 0 Å².